The quantitative estimate of drug-likeness (QED) is 0.0869. The molecule has 78 heavy (non-hydrogen) atoms. The molecule has 0 heterocycles. The summed E-state index contributed by atoms with van der Waals surface area (Å²) in [5.41, 5.74) is 5.87. The third-order valence-electron chi connectivity index (χ3n) is 23.2. The monoisotopic (exact) mass is 1140 g/mol. The average molecular weight is 1140 g/mol. The number of carbonyl (C=O) groups excluding carboxylic acids is 2. The Balaban J connectivity index is 0.000000203. The van der Waals surface area contributed by atoms with E-state index in [1.165, 1.54) is 104 Å². The van der Waals surface area contributed by atoms with E-state index in [2.05, 4.69) is 113 Å². The maximum absolute atomic E-state index is 13.8. The number of Topliss-reactive ketones (excluding diaryl/α,β-unsaturated/α-hetero) is 1. The van der Waals surface area contributed by atoms with Crippen LogP contribution in [0, 0.1) is 86.9 Å². The Bertz CT molecular complexity index is 2540. The number of hydrogen-bond acceptors (Lipinski definition) is 5. The predicted octanol–water partition coefficient (Wildman–Crippen LogP) is 13.4. The van der Waals surface area contributed by atoms with Crippen LogP contribution >= 0.6 is 0 Å². The van der Waals surface area contributed by atoms with Crippen molar-refractivity contribution in [2.75, 3.05) is 14.2 Å². The molecule has 422 valence electrons. The summed E-state index contributed by atoms with van der Waals surface area (Å²) in [4.78, 5) is 32.0. The van der Waals surface area contributed by atoms with Gasteiger partial charge in [-0.3, -0.25) is 14.4 Å². The van der Waals surface area contributed by atoms with Gasteiger partial charge in [0.2, 0.25) is 5.91 Å². The number of fused-ring (bicyclic) bond motifs is 10. The van der Waals surface area contributed by atoms with Crippen molar-refractivity contribution in [1.29, 1.82) is 0 Å². The third-order valence-corrected chi connectivity index (χ3v) is 23.2. The van der Waals surface area contributed by atoms with Gasteiger partial charge in [0.05, 0.1) is 18.3 Å². The molecule has 8 aliphatic carbocycles. The molecular formula is C70H98BrMgNO5. The van der Waals surface area contributed by atoms with E-state index in [4.69, 9.17) is 4.84 Å². The second-order valence-electron chi connectivity index (χ2n) is 27.0. The number of amides is 1. The van der Waals surface area contributed by atoms with Crippen LogP contribution < -0.4 is 17.0 Å². The Kier molecular flexibility index (Phi) is 20.9. The first-order valence-electron chi connectivity index (χ1n) is 29.3. The predicted molar refractivity (Wildman–Crippen MR) is 318 cm³/mol. The second-order valence-corrected chi connectivity index (χ2v) is 27.0. The Labute approximate surface area is 499 Å². The molecule has 8 aliphatic rings. The summed E-state index contributed by atoms with van der Waals surface area (Å²) in [6.07, 6.45) is 20.7. The van der Waals surface area contributed by atoms with Gasteiger partial charge in [0, 0.05) is 24.4 Å². The standard InChI is InChI=1S/C33H42O2.C23H39NO3.C12H9.2CH4.BrH.Mg/c1-31(35)19-20-32(2)25(21-31)13-14-26-27-15-16-29(33(27,3)18-17-28(26)32)30(34)24-11-9-23(10-12-24)22-7-5-4-6-8-22;1-21(26)12-13-22(2)15(14-21)6-7-16-17-8-9-19(20(25)24(4)27-5)23(17,3)11-10-18(16)22;1-3-7-11(8-4-1)12-9-5-2-6-10-12;;;;/h4-12,25-29,35H,13-21H2,1-3H3;15-19,26H,6-14H2,1-5H3;1,3-10H;2*1H4;1H;/q;;-1;;;;+2/p-1/t25-,26-,27-,28-,29+,31+,32-,33-;15-,16-,17-,18-,19+,21+,22-,23-;;;;;/m00...../s1. The largest absolute Gasteiger partial charge is 2.00 e. The van der Waals surface area contributed by atoms with Crippen molar-refractivity contribution in [2.24, 2.45) is 80.8 Å². The zero-order chi connectivity index (χ0) is 52.3. The molecule has 1 amide bonds. The molecule has 0 aliphatic heterocycles. The van der Waals surface area contributed by atoms with E-state index in [-0.39, 0.29) is 83.5 Å². The SMILES string of the molecule is C.C.CON(C)C(=O)[C@H]1CC[C@H]2[C@@H]3CC[C@H]4C[C@](C)(O)CC[C@]4(C)[C@H]3CC[C@]12C.C[C@@]1(O)CC[C@@]2(C)[C@@H](CC[C@@H]3[C@@H]2CC[C@]2(C)[C@@H](C(=O)c4ccc(-c5ccccc5)cc4)CC[C@@H]32)C1.[Br-].[Mg+2].[c-]1ccc(-c2ccccc2)cc1. The van der Waals surface area contributed by atoms with Crippen LogP contribution in [0.3, 0.4) is 0 Å². The zero-order valence-electron chi connectivity index (χ0n) is 47.5. The Morgan fingerprint density at radius 1 is 0.500 bits per heavy atom. The van der Waals surface area contributed by atoms with Gasteiger partial charge in [0.1, 0.15) is 0 Å². The number of halogens is 1. The molecule has 0 unspecified atom stereocenters. The molecule has 8 saturated carbocycles. The Hall–Kier alpha value is -2.85. The summed E-state index contributed by atoms with van der Waals surface area (Å²) in [6.45, 7) is 14.0. The molecule has 0 bridgehead atoms. The number of nitrogens with zero attached hydrogens (tertiary/aromatic N) is 1. The van der Waals surface area contributed by atoms with Crippen LogP contribution in [-0.2, 0) is 9.63 Å². The average Bonchev–Trinajstić information content (AvgIpc) is 4.16. The molecule has 0 radical (unpaired) electrons. The maximum atomic E-state index is 13.8. The van der Waals surface area contributed by atoms with E-state index in [9.17, 15) is 19.8 Å². The Morgan fingerprint density at radius 2 is 0.897 bits per heavy atom. The summed E-state index contributed by atoms with van der Waals surface area (Å²) in [7, 11) is 3.34. The van der Waals surface area contributed by atoms with E-state index < -0.39 is 11.2 Å². The van der Waals surface area contributed by atoms with Crippen molar-refractivity contribution >= 4 is 34.7 Å². The molecule has 4 aromatic carbocycles. The fraction of sp³-hybridized carbons (Fsp3) is 0.629. The molecule has 2 N–H and O–H groups in total. The van der Waals surface area contributed by atoms with Gasteiger partial charge < -0.3 is 27.2 Å². The first-order valence-corrected chi connectivity index (χ1v) is 29.3. The van der Waals surface area contributed by atoms with Gasteiger partial charge in [0.15, 0.2) is 5.78 Å². The third kappa shape index (κ3) is 12.1. The van der Waals surface area contributed by atoms with E-state index in [0.717, 1.165) is 67.8 Å². The van der Waals surface area contributed by atoms with Crippen molar-refractivity contribution in [3.63, 3.8) is 0 Å². The smallest absolute Gasteiger partial charge is 1.00 e. The molecule has 0 aromatic heterocycles. The van der Waals surface area contributed by atoms with Crippen LogP contribution in [-0.4, -0.2) is 75.4 Å². The van der Waals surface area contributed by atoms with Crippen LogP contribution in [0.1, 0.15) is 182 Å². The number of aliphatic hydroxyl groups is 2. The molecule has 6 nitrogen and oxygen atoms in total. The minimum Gasteiger partial charge on any atom is -1.00 e. The summed E-state index contributed by atoms with van der Waals surface area (Å²) in [5, 5.41) is 22.8. The van der Waals surface area contributed by atoms with E-state index in [1.807, 2.05) is 43.3 Å². The summed E-state index contributed by atoms with van der Waals surface area (Å²) in [5.74, 6) is 6.60. The molecule has 0 spiro atoms. The molecular weight excluding hydrogens is 1040 g/mol. The van der Waals surface area contributed by atoms with Gasteiger partial charge in [-0.05, 0) is 215 Å². The van der Waals surface area contributed by atoms with Crippen LogP contribution in [0.5, 0.6) is 0 Å². The summed E-state index contributed by atoms with van der Waals surface area (Å²) < 4.78 is 0. The number of benzene rings is 4. The minimum atomic E-state index is -0.471. The Morgan fingerprint density at radius 3 is 1.35 bits per heavy atom. The topological polar surface area (TPSA) is 87.1 Å². The number of carbonyl (C=O) groups is 2. The maximum Gasteiger partial charge on any atom is 2.00 e. The molecule has 8 fully saturated rings. The molecule has 16 atom stereocenters. The second kappa shape index (κ2) is 25.3. The van der Waals surface area contributed by atoms with Crippen molar-refractivity contribution in [1.82, 2.24) is 5.06 Å². The van der Waals surface area contributed by atoms with Crippen LogP contribution in [0.15, 0.2) is 109 Å². The van der Waals surface area contributed by atoms with Gasteiger partial charge >= 0.3 is 23.1 Å². The van der Waals surface area contributed by atoms with Gasteiger partial charge in [-0.1, -0.05) is 127 Å². The van der Waals surface area contributed by atoms with Gasteiger partial charge in [-0.2, -0.15) is 30.3 Å². The summed E-state index contributed by atoms with van der Waals surface area (Å²) in [6, 6.07) is 40.1. The summed E-state index contributed by atoms with van der Waals surface area (Å²) >= 11 is 0. The van der Waals surface area contributed by atoms with E-state index >= 15 is 0 Å². The number of hydroxylamine groups is 2. The number of hydrogen-bond donors (Lipinski definition) is 2. The first kappa shape index (κ1) is 64.3. The molecule has 12 rings (SSSR count). The van der Waals surface area contributed by atoms with E-state index in [0.29, 0.717) is 40.3 Å². The van der Waals surface area contributed by atoms with Crippen LogP contribution in [0.25, 0.3) is 22.3 Å². The number of ketones is 1. The number of rotatable bonds is 6. The zero-order valence-corrected chi connectivity index (χ0v) is 50.5. The van der Waals surface area contributed by atoms with Crippen LogP contribution in [0.2, 0.25) is 0 Å². The van der Waals surface area contributed by atoms with Gasteiger partial charge in [0.25, 0.3) is 0 Å². The van der Waals surface area contributed by atoms with Crippen molar-refractivity contribution in [2.45, 2.75) is 183 Å². The molecule has 0 saturated heterocycles. The fourth-order valence-electron chi connectivity index (χ4n) is 18.9. The van der Waals surface area contributed by atoms with Crippen molar-refractivity contribution in [3.05, 3.63) is 121 Å². The van der Waals surface area contributed by atoms with Crippen LogP contribution in [0.4, 0.5) is 0 Å². The molecule has 4 aromatic rings. The normalized spacial score (nSPS) is 38.5. The van der Waals surface area contributed by atoms with Crippen molar-refractivity contribution < 1.29 is 41.6 Å². The molecule has 8 heteroatoms. The van der Waals surface area contributed by atoms with Gasteiger partial charge in [-0.25, -0.2) is 5.06 Å². The first-order chi connectivity index (χ1) is 35.3. The van der Waals surface area contributed by atoms with Crippen molar-refractivity contribution in [3.8, 4) is 22.3 Å². The fourth-order valence-corrected chi connectivity index (χ4v) is 18.9. The minimum absolute atomic E-state index is 0. The van der Waals surface area contributed by atoms with Gasteiger partial charge in [-0.15, -0.1) is 5.56 Å². The van der Waals surface area contributed by atoms with E-state index in [1.54, 1.807) is 14.2 Å².